The number of aromatic amines is 1. The lowest BCUT2D eigenvalue weighted by Crippen LogP contribution is -2.37. The Balaban J connectivity index is 2.29. The monoisotopic (exact) mass is 242 g/mol. The molecule has 0 saturated carbocycles. The van der Waals surface area contributed by atoms with Crippen molar-refractivity contribution >= 4 is 17.3 Å². The average molecular weight is 243 g/mol. The SMILES string of the molecule is CNCC1CCCN1c1cn[nH]c(=O)c1Cl. The fourth-order valence-electron chi connectivity index (χ4n) is 2.18. The van der Waals surface area contributed by atoms with Crippen LogP contribution in [0.5, 0.6) is 0 Å². The van der Waals surface area contributed by atoms with Crippen molar-refractivity contribution in [3.8, 4) is 0 Å². The molecule has 0 spiro atoms. The Morgan fingerprint density at radius 3 is 3.31 bits per heavy atom. The third-order valence-electron chi connectivity index (χ3n) is 2.90. The third-order valence-corrected chi connectivity index (χ3v) is 3.27. The molecule has 1 unspecified atom stereocenters. The molecule has 5 nitrogen and oxygen atoms in total. The van der Waals surface area contributed by atoms with Gasteiger partial charge in [-0.2, -0.15) is 5.10 Å². The van der Waals surface area contributed by atoms with Crippen LogP contribution in [0.25, 0.3) is 0 Å². The van der Waals surface area contributed by atoms with Crippen molar-refractivity contribution in [2.75, 3.05) is 25.0 Å². The van der Waals surface area contributed by atoms with Gasteiger partial charge in [-0.1, -0.05) is 11.6 Å². The molecule has 0 aliphatic carbocycles. The second-order valence-electron chi connectivity index (χ2n) is 3.95. The normalized spacial score (nSPS) is 20.4. The van der Waals surface area contributed by atoms with E-state index in [0.29, 0.717) is 6.04 Å². The molecular weight excluding hydrogens is 228 g/mol. The predicted octanol–water partition coefficient (Wildman–Crippen LogP) is 0.611. The van der Waals surface area contributed by atoms with Crippen LogP contribution in [-0.4, -0.2) is 36.4 Å². The van der Waals surface area contributed by atoms with Crippen molar-refractivity contribution in [1.82, 2.24) is 15.5 Å². The second kappa shape index (κ2) is 4.84. The van der Waals surface area contributed by atoms with Gasteiger partial charge in [0.1, 0.15) is 5.02 Å². The summed E-state index contributed by atoms with van der Waals surface area (Å²) in [5.74, 6) is 0. The van der Waals surface area contributed by atoms with Crippen molar-refractivity contribution < 1.29 is 0 Å². The molecule has 0 bridgehead atoms. The highest BCUT2D eigenvalue weighted by molar-refractivity contribution is 6.33. The quantitative estimate of drug-likeness (QED) is 0.816. The zero-order valence-electron chi connectivity index (χ0n) is 9.16. The summed E-state index contributed by atoms with van der Waals surface area (Å²) >= 11 is 5.99. The number of likely N-dealkylation sites (N-methyl/N-ethyl adjacent to an activating group) is 1. The summed E-state index contributed by atoms with van der Waals surface area (Å²) in [6.45, 7) is 1.82. The van der Waals surface area contributed by atoms with E-state index in [1.165, 1.54) is 0 Å². The maximum absolute atomic E-state index is 11.4. The maximum Gasteiger partial charge on any atom is 0.285 e. The Morgan fingerprint density at radius 1 is 1.75 bits per heavy atom. The van der Waals surface area contributed by atoms with Crippen LogP contribution in [0.1, 0.15) is 12.8 Å². The zero-order valence-corrected chi connectivity index (χ0v) is 9.92. The molecule has 0 amide bonds. The number of nitrogens with one attached hydrogen (secondary N) is 2. The van der Waals surface area contributed by atoms with E-state index in [1.807, 2.05) is 7.05 Å². The molecule has 88 valence electrons. The number of rotatable bonds is 3. The van der Waals surface area contributed by atoms with Crippen LogP contribution >= 0.6 is 11.6 Å². The van der Waals surface area contributed by atoms with Crippen molar-refractivity contribution in [3.05, 3.63) is 21.6 Å². The first-order chi connectivity index (χ1) is 7.74. The maximum atomic E-state index is 11.4. The van der Waals surface area contributed by atoms with Crippen molar-refractivity contribution in [3.63, 3.8) is 0 Å². The van der Waals surface area contributed by atoms with Gasteiger partial charge in [-0.25, -0.2) is 5.10 Å². The highest BCUT2D eigenvalue weighted by Gasteiger charge is 2.26. The van der Waals surface area contributed by atoms with Crippen molar-refractivity contribution in [2.45, 2.75) is 18.9 Å². The van der Waals surface area contributed by atoms with Gasteiger partial charge in [0.15, 0.2) is 0 Å². The van der Waals surface area contributed by atoms with Gasteiger partial charge in [-0.3, -0.25) is 4.79 Å². The molecule has 1 fully saturated rings. The number of nitrogens with zero attached hydrogens (tertiary/aromatic N) is 2. The summed E-state index contributed by atoms with van der Waals surface area (Å²) in [6.07, 6.45) is 3.86. The molecule has 2 heterocycles. The first-order valence-corrected chi connectivity index (χ1v) is 5.76. The van der Waals surface area contributed by atoms with Crippen LogP contribution in [0.4, 0.5) is 5.69 Å². The van der Waals surface area contributed by atoms with Crippen molar-refractivity contribution in [1.29, 1.82) is 0 Å². The molecular formula is C10H15ClN4O. The fraction of sp³-hybridized carbons (Fsp3) is 0.600. The molecule has 2 N–H and O–H groups in total. The minimum Gasteiger partial charge on any atom is -0.365 e. The number of halogens is 1. The van der Waals surface area contributed by atoms with Gasteiger partial charge >= 0.3 is 0 Å². The molecule has 6 heteroatoms. The van der Waals surface area contributed by atoms with Gasteiger partial charge in [0.25, 0.3) is 5.56 Å². The first-order valence-electron chi connectivity index (χ1n) is 5.38. The van der Waals surface area contributed by atoms with E-state index in [-0.39, 0.29) is 10.6 Å². The van der Waals surface area contributed by atoms with Gasteiger partial charge in [-0.05, 0) is 19.9 Å². The van der Waals surface area contributed by atoms with Crippen LogP contribution in [0.3, 0.4) is 0 Å². The lowest BCUT2D eigenvalue weighted by atomic mass is 10.2. The Labute approximate surface area is 98.8 Å². The Kier molecular flexibility index (Phi) is 3.46. The lowest BCUT2D eigenvalue weighted by molar-refractivity contribution is 0.614. The van der Waals surface area contributed by atoms with E-state index >= 15 is 0 Å². The smallest absolute Gasteiger partial charge is 0.285 e. The van der Waals surface area contributed by atoms with E-state index in [4.69, 9.17) is 11.6 Å². The van der Waals surface area contributed by atoms with Crippen molar-refractivity contribution in [2.24, 2.45) is 0 Å². The molecule has 1 aromatic rings. The van der Waals surface area contributed by atoms with E-state index < -0.39 is 0 Å². The molecule has 2 rings (SSSR count). The topological polar surface area (TPSA) is 61.0 Å². The number of hydrogen-bond acceptors (Lipinski definition) is 4. The van der Waals surface area contributed by atoms with Crippen LogP contribution in [-0.2, 0) is 0 Å². The van der Waals surface area contributed by atoms with E-state index in [1.54, 1.807) is 6.20 Å². The van der Waals surface area contributed by atoms with Crippen LogP contribution in [0.15, 0.2) is 11.0 Å². The average Bonchev–Trinajstić information content (AvgIpc) is 2.71. The highest BCUT2D eigenvalue weighted by Crippen LogP contribution is 2.28. The second-order valence-corrected chi connectivity index (χ2v) is 4.32. The molecule has 0 aromatic carbocycles. The standard InChI is InChI=1S/C10H15ClN4O/c1-12-5-7-3-2-4-15(7)8-6-13-14-10(16)9(8)11/h6-7,12H,2-5H2,1H3,(H,14,16). The van der Waals surface area contributed by atoms with Gasteiger partial charge in [0, 0.05) is 19.1 Å². The van der Waals surface area contributed by atoms with E-state index in [0.717, 1.165) is 31.6 Å². The Morgan fingerprint density at radius 2 is 2.56 bits per heavy atom. The zero-order chi connectivity index (χ0) is 11.5. The summed E-state index contributed by atoms with van der Waals surface area (Å²) in [5.41, 5.74) is 0.414. The number of hydrogen-bond donors (Lipinski definition) is 2. The predicted molar refractivity (Wildman–Crippen MR) is 64.2 cm³/mol. The Bertz CT molecular complexity index is 420. The third kappa shape index (κ3) is 2.05. The summed E-state index contributed by atoms with van der Waals surface area (Å²) in [5, 5.41) is 9.52. The van der Waals surface area contributed by atoms with Gasteiger partial charge in [0.05, 0.1) is 11.9 Å². The molecule has 1 saturated heterocycles. The van der Waals surface area contributed by atoms with Crippen LogP contribution in [0, 0.1) is 0 Å². The molecule has 1 aromatic heterocycles. The molecule has 1 atom stereocenters. The first kappa shape index (κ1) is 11.4. The number of anilines is 1. The van der Waals surface area contributed by atoms with Crippen LogP contribution in [0.2, 0.25) is 5.02 Å². The molecule has 0 radical (unpaired) electrons. The highest BCUT2D eigenvalue weighted by atomic mass is 35.5. The van der Waals surface area contributed by atoms with E-state index in [2.05, 4.69) is 20.4 Å². The minimum atomic E-state index is -0.325. The molecule has 1 aliphatic heterocycles. The van der Waals surface area contributed by atoms with Crippen LogP contribution < -0.4 is 15.8 Å². The minimum absolute atomic E-state index is 0.234. The molecule has 1 aliphatic rings. The van der Waals surface area contributed by atoms with Gasteiger partial charge in [0.2, 0.25) is 0 Å². The Hall–Kier alpha value is -1.07. The number of aromatic nitrogens is 2. The fourth-order valence-corrected chi connectivity index (χ4v) is 2.37. The largest absolute Gasteiger partial charge is 0.365 e. The lowest BCUT2D eigenvalue weighted by Gasteiger charge is -2.26. The summed E-state index contributed by atoms with van der Waals surface area (Å²) in [7, 11) is 1.92. The summed E-state index contributed by atoms with van der Waals surface area (Å²) in [6, 6.07) is 0.395. The number of H-pyrrole nitrogens is 1. The molecule has 16 heavy (non-hydrogen) atoms. The summed E-state index contributed by atoms with van der Waals surface area (Å²) in [4.78, 5) is 13.5. The van der Waals surface area contributed by atoms with Gasteiger partial charge in [-0.15, -0.1) is 0 Å². The van der Waals surface area contributed by atoms with Gasteiger partial charge < -0.3 is 10.2 Å². The van der Waals surface area contributed by atoms with E-state index in [9.17, 15) is 4.79 Å². The summed E-state index contributed by atoms with van der Waals surface area (Å²) < 4.78 is 0.